The molecule has 50 heavy (non-hydrogen) atoms. The largest absolute Gasteiger partial charge is 0.330 e. The van der Waals surface area contributed by atoms with Crippen molar-refractivity contribution in [3.8, 4) is 0 Å². The molecule has 2 aliphatic heterocycles. The number of carbonyl (C=O) groups is 3. The Morgan fingerprint density at radius 1 is 0.980 bits per heavy atom. The highest BCUT2D eigenvalue weighted by Crippen LogP contribution is 2.34. The van der Waals surface area contributed by atoms with Gasteiger partial charge in [-0.05, 0) is 81.5 Å². The van der Waals surface area contributed by atoms with E-state index in [-0.39, 0.29) is 30.3 Å². The fourth-order valence-electron chi connectivity index (χ4n) is 6.35. The van der Waals surface area contributed by atoms with Crippen LogP contribution in [0.5, 0.6) is 0 Å². The van der Waals surface area contributed by atoms with Crippen molar-refractivity contribution in [3.05, 3.63) is 113 Å². The third-order valence-electron chi connectivity index (χ3n) is 9.11. The van der Waals surface area contributed by atoms with Crippen molar-refractivity contribution in [2.45, 2.75) is 46.2 Å². The normalized spacial score (nSPS) is 18.1. The number of aromatic nitrogens is 3. The van der Waals surface area contributed by atoms with E-state index in [4.69, 9.17) is 4.99 Å². The summed E-state index contributed by atoms with van der Waals surface area (Å²) < 4.78 is 0. The summed E-state index contributed by atoms with van der Waals surface area (Å²) in [5, 5.41) is 9.11. The number of hydrogen-bond acceptors (Lipinski definition) is 8. The number of fused-ring (bicyclic) bond motifs is 2. The minimum absolute atomic E-state index is 0.189. The SMILES string of the molecule is CC1=N[C@@H](CC2C=CC=CC2)C(=O)Nc2cc(C(=O)Nc3ccc(C)c(N4Cc5cnc(Nc6ccc(C)nc6)nc5N(C)C4=O)c3)ccc21. The summed E-state index contributed by atoms with van der Waals surface area (Å²) >= 11 is 0. The number of nitrogens with one attached hydrogen (secondary N) is 3. The van der Waals surface area contributed by atoms with Crippen molar-refractivity contribution in [1.29, 1.82) is 0 Å². The average Bonchev–Trinajstić information content (AvgIpc) is 3.23. The number of amides is 4. The Labute approximate surface area is 290 Å². The zero-order valence-electron chi connectivity index (χ0n) is 28.3. The zero-order valence-corrected chi connectivity index (χ0v) is 28.3. The van der Waals surface area contributed by atoms with E-state index in [0.29, 0.717) is 40.8 Å². The molecule has 2 aromatic carbocycles. The predicted octanol–water partition coefficient (Wildman–Crippen LogP) is 6.71. The first-order valence-electron chi connectivity index (χ1n) is 16.5. The lowest BCUT2D eigenvalue weighted by Gasteiger charge is -2.35. The van der Waals surface area contributed by atoms with Gasteiger partial charge in [0.1, 0.15) is 11.9 Å². The number of aryl methyl sites for hydroxylation is 2. The molecule has 2 aromatic heterocycles. The Kier molecular flexibility index (Phi) is 8.67. The molecule has 3 aliphatic rings. The molecule has 4 aromatic rings. The van der Waals surface area contributed by atoms with E-state index in [0.717, 1.165) is 40.2 Å². The number of urea groups is 1. The Balaban J connectivity index is 1.06. The molecule has 1 aliphatic carbocycles. The van der Waals surface area contributed by atoms with Gasteiger partial charge in [0.2, 0.25) is 11.9 Å². The highest BCUT2D eigenvalue weighted by atomic mass is 16.2. The molecular formula is C38H37N9O3. The van der Waals surface area contributed by atoms with E-state index in [1.807, 2.05) is 57.2 Å². The van der Waals surface area contributed by atoms with Crippen LogP contribution in [0.15, 0.2) is 90.2 Å². The van der Waals surface area contributed by atoms with E-state index < -0.39 is 6.04 Å². The maximum absolute atomic E-state index is 13.7. The lowest BCUT2D eigenvalue weighted by Crippen LogP contribution is -2.46. The second-order valence-electron chi connectivity index (χ2n) is 12.8. The fraction of sp³-hybridized carbons (Fsp3) is 0.237. The summed E-state index contributed by atoms with van der Waals surface area (Å²) in [6.07, 6.45) is 13.1. The van der Waals surface area contributed by atoms with Crippen molar-refractivity contribution in [2.75, 3.05) is 32.8 Å². The molecule has 0 bridgehead atoms. The molecule has 0 saturated heterocycles. The van der Waals surface area contributed by atoms with Gasteiger partial charge in [-0.25, -0.2) is 9.78 Å². The van der Waals surface area contributed by atoms with Crippen molar-refractivity contribution >= 4 is 58.1 Å². The number of carbonyl (C=O) groups excluding carboxylic acids is 3. The van der Waals surface area contributed by atoms with Crippen molar-refractivity contribution in [3.63, 3.8) is 0 Å². The van der Waals surface area contributed by atoms with Crippen LogP contribution in [0.4, 0.5) is 39.3 Å². The third kappa shape index (κ3) is 6.59. The van der Waals surface area contributed by atoms with Crippen LogP contribution in [-0.2, 0) is 11.3 Å². The third-order valence-corrected chi connectivity index (χ3v) is 9.11. The first-order chi connectivity index (χ1) is 24.1. The van der Waals surface area contributed by atoms with E-state index in [1.165, 1.54) is 4.90 Å². The van der Waals surface area contributed by atoms with E-state index in [1.54, 1.807) is 48.6 Å². The number of anilines is 6. The lowest BCUT2D eigenvalue weighted by molar-refractivity contribution is -0.117. The highest BCUT2D eigenvalue weighted by Gasteiger charge is 2.32. The van der Waals surface area contributed by atoms with Gasteiger partial charge in [0.05, 0.1) is 29.8 Å². The molecule has 3 N–H and O–H groups in total. The molecule has 252 valence electrons. The van der Waals surface area contributed by atoms with E-state index in [2.05, 4.69) is 43.1 Å². The molecule has 4 amide bonds. The van der Waals surface area contributed by atoms with Crippen LogP contribution in [0.2, 0.25) is 0 Å². The van der Waals surface area contributed by atoms with E-state index in [9.17, 15) is 14.4 Å². The molecule has 12 heteroatoms. The highest BCUT2D eigenvalue weighted by molar-refractivity contribution is 6.13. The van der Waals surface area contributed by atoms with Gasteiger partial charge in [-0.15, -0.1) is 0 Å². The zero-order chi connectivity index (χ0) is 34.9. The van der Waals surface area contributed by atoms with Crippen LogP contribution >= 0.6 is 0 Å². The molecule has 4 heterocycles. The minimum Gasteiger partial charge on any atom is -0.324 e. The lowest BCUT2D eigenvalue weighted by atomic mass is 9.93. The van der Waals surface area contributed by atoms with Gasteiger partial charge in [-0.2, -0.15) is 4.98 Å². The topological polar surface area (TPSA) is 145 Å². The molecule has 0 fully saturated rings. The summed E-state index contributed by atoms with van der Waals surface area (Å²) in [4.78, 5) is 61.7. The Bertz CT molecular complexity index is 2110. The molecule has 0 saturated carbocycles. The second-order valence-corrected chi connectivity index (χ2v) is 12.8. The number of benzodiazepines with no additional fused rings is 1. The number of benzene rings is 2. The maximum Gasteiger partial charge on any atom is 0.330 e. The minimum atomic E-state index is -0.517. The van der Waals surface area contributed by atoms with Crippen molar-refractivity contribution < 1.29 is 14.4 Å². The van der Waals surface area contributed by atoms with Crippen LogP contribution in [0.3, 0.4) is 0 Å². The fourth-order valence-corrected chi connectivity index (χ4v) is 6.35. The molecule has 2 atom stereocenters. The van der Waals surface area contributed by atoms with Crippen molar-refractivity contribution in [2.24, 2.45) is 10.9 Å². The van der Waals surface area contributed by atoms with Gasteiger partial charge < -0.3 is 16.0 Å². The van der Waals surface area contributed by atoms with Gasteiger partial charge in [0.25, 0.3) is 5.91 Å². The number of allylic oxidation sites excluding steroid dienone is 4. The molecular weight excluding hydrogens is 630 g/mol. The van der Waals surface area contributed by atoms with Crippen LogP contribution in [0.25, 0.3) is 0 Å². The van der Waals surface area contributed by atoms with Gasteiger partial charge in [0, 0.05) is 47.0 Å². The van der Waals surface area contributed by atoms with Crippen LogP contribution in [0, 0.1) is 19.8 Å². The molecule has 0 spiro atoms. The van der Waals surface area contributed by atoms with E-state index >= 15 is 0 Å². The smallest absolute Gasteiger partial charge is 0.324 e. The second kappa shape index (κ2) is 13.4. The van der Waals surface area contributed by atoms with Crippen LogP contribution in [-0.4, -0.2) is 51.6 Å². The first-order valence-corrected chi connectivity index (χ1v) is 16.5. The van der Waals surface area contributed by atoms with Crippen molar-refractivity contribution in [1.82, 2.24) is 15.0 Å². The summed E-state index contributed by atoms with van der Waals surface area (Å²) in [5.41, 5.74) is 6.88. The molecule has 12 nitrogen and oxygen atoms in total. The number of pyridine rings is 1. The summed E-state index contributed by atoms with van der Waals surface area (Å²) in [6, 6.07) is 13.7. The quantitative estimate of drug-likeness (QED) is 0.199. The number of hydrogen-bond donors (Lipinski definition) is 3. The Morgan fingerprint density at radius 3 is 2.60 bits per heavy atom. The number of nitrogens with zero attached hydrogens (tertiary/aromatic N) is 6. The molecule has 0 radical (unpaired) electrons. The standard InChI is InChI=1S/C38H37N9O3/c1-22-10-13-28(18-33(22)47-21-27-19-40-37(45-34(27)46(4)38(47)50)43-29-14-11-23(2)39-20-29)42-35(48)26-12-15-30-24(3)41-32(36(49)44-31(30)17-26)16-25-8-6-5-7-9-25/h5-8,10-15,17-20,25,32H,9,16,21H2,1-4H3,(H,42,48)(H,44,49)(H,40,43,45)/t25?,32-/m0/s1. The summed E-state index contributed by atoms with van der Waals surface area (Å²) in [6.45, 7) is 5.97. The Morgan fingerprint density at radius 2 is 1.82 bits per heavy atom. The number of rotatable bonds is 7. The summed E-state index contributed by atoms with van der Waals surface area (Å²) in [7, 11) is 1.68. The van der Waals surface area contributed by atoms with Gasteiger partial charge >= 0.3 is 6.03 Å². The predicted molar refractivity (Wildman–Crippen MR) is 195 cm³/mol. The molecule has 7 rings (SSSR count). The Hall–Kier alpha value is -6.17. The van der Waals surface area contributed by atoms with Crippen LogP contribution < -0.4 is 25.8 Å². The maximum atomic E-state index is 13.7. The summed E-state index contributed by atoms with van der Waals surface area (Å²) in [5.74, 6) is 0.575. The first kappa shape index (κ1) is 32.4. The monoisotopic (exact) mass is 667 g/mol. The molecule has 1 unspecified atom stereocenters. The van der Waals surface area contributed by atoms with Gasteiger partial charge in [-0.3, -0.25) is 29.4 Å². The average molecular weight is 668 g/mol. The number of aliphatic imine (C=N–C) groups is 1. The van der Waals surface area contributed by atoms with Gasteiger partial charge in [0.15, 0.2) is 0 Å². The van der Waals surface area contributed by atoms with Gasteiger partial charge in [-0.1, -0.05) is 36.4 Å². The van der Waals surface area contributed by atoms with Crippen LogP contribution in [0.1, 0.15) is 52.5 Å².